The molecule has 1 aromatic rings. The average Bonchev–Trinajstić information content (AvgIpc) is 2.44. The molecule has 0 aliphatic rings. The van der Waals surface area contributed by atoms with E-state index in [9.17, 15) is 14.7 Å². The van der Waals surface area contributed by atoms with Gasteiger partial charge in [0.2, 0.25) is 0 Å². The molecule has 0 aliphatic heterocycles. The summed E-state index contributed by atoms with van der Waals surface area (Å²) in [4.78, 5) is 25.1. The number of ketones is 1. The highest BCUT2D eigenvalue weighted by Gasteiger charge is 2.36. The lowest BCUT2D eigenvalue weighted by atomic mass is 9.74. The van der Waals surface area contributed by atoms with Crippen molar-refractivity contribution in [3.05, 3.63) is 34.4 Å². The van der Waals surface area contributed by atoms with Gasteiger partial charge in [0.25, 0.3) is 0 Å². The molecule has 2 unspecified atom stereocenters. The minimum absolute atomic E-state index is 0.000305. The Bertz CT molecular complexity index is 564. The molecule has 0 bridgehead atoms. The number of Topliss-reactive ketones (excluding diaryl/α,β-unsaturated/α-hetero) is 1. The van der Waals surface area contributed by atoms with Crippen molar-refractivity contribution < 1.29 is 14.7 Å². The predicted octanol–water partition coefficient (Wildman–Crippen LogP) is 5.35. The van der Waals surface area contributed by atoms with E-state index in [4.69, 9.17) is 0 Å². The molecule has 1 rings (SSSR count). The van der Waals surface area contributed by atoms with Gasteiger partial charge < -0.3 is 5.11 Å². The van der Waals surface area contributed by atoms with Gasteiger partial charge in [0.15, 0.2) is 5.78 Å². The molecule has 134 valence electrons. The van der Waals surface area contributed by atoms with E-state index in [1.807, 2.05) is 46.8 Å². The largest absolute Gasteiger partial charge is 0.481 e. The molecule has 0 saturated heterocycles. The lowest BCUT2D eigenvalue weighted by molar-refractivity contribution is -0.144. The quantitative estimate of drug-likeness (QED) is 0.490. The van der Waals surface area contributed by atoms with Crippen LogP contribution in [-0.2, 0) is 4.79 Å². The Morgan fingerprint density at radius 2 is 1.58 bits per heavy atom. The van der Waals surface area contributed by atoms with Crippen molar-refractivity contribution in [3.8, 4) is 0 Å². The summed E-state index contributed by atoms with van der Waals surface area (Å²) in [5.74, 6) is -1.94. The lowest BCUT2D eigenvalue weighted by Crippen LogP contribution is -2.34. The molecule has 1 N–H and O–H groups in total. The summed E-state index contributed by atoms with van der Waals surface area (Å²) >= 11 is 0. The number of carboxylic acids is 1. The van der Waals surface area contributed by atoms with Crippen LogP contribution in [0.3, 0.4) is 0 Å². The zero-order chi connectivity index (χ0) is 18.4. The molecule has 3 nitrogen and oxygen atoms in total. The zero-order valence-corrected chi connectivity index (χ0v) is 16.0. The van der Waals surface area contributed by atoms with Gasteiger partial charge in [0.1, 0.15) is 0 Å². The van der Waals surface area contributed by atoms with Crippen LogP contribution in [0, 0.1) is 38.5 Å². The van der Waals surface area contributed by atoms with Crippen LogP contribution < -0.4 is 0 Å². The first kappa shape index (κ1) is 20.4. The first-order valence-corrected chi connectivity index (χ1v) is 9.05. The first-order chi connectivity index (χ1) is 11.2. The van der Waals surface area contributed by atoms with Crippen LogP contribution in [0.1, 0.15) is 73.5 Å². The second-order valence-corrected chi connectivity index (χ2v) is 7.35. The summed E-state index contributed by atoms with van der Waals surface area (Å²) in [5, 5.41) is 9.72. The van der Waals surface area contributed by atoms with Crippen molar-refractivity contribution in [3.63, 3.8) is 0 Å². The molecular weight excluding hydrogens is 300 g/mol. The Morgan fingerprint density at radius 3 is 2.00 bits per heavy atom. The number of rotatable bonds is 9. The van der Waals surface area contributed by atoms with Gasteiger partial charge in [-0.25, -0.2) is 0 Å². The van der Waals surface area contributed by atoms with E-state index in [1.54, 1.807) is 0 Å². The normalized spacial score (nSPS) is 13.8. The van der Waals surface area contributed by atoms with E-state index in [0.29, 0.717) is 12.0 Å². The summed E-state index contributed by atoms with van der Waals surface area (Å²) in [5.41, 5.74) is 3.73. The summed E-state index contributed by atoms with van der Waals surface area (Å²) < 4.78 is 0. The Balaban J connectivity index is 3.23. The summed E-state index contributed by atoms with van der Waals surface area (Å²) in [6.45, 7) is 11.9. The van der Waals surface area contributed by atoms with Crippen molar-refractivity contribution in [1.29, 1.82) is 0 Å². The number of benzene rings is 1. The second kappa shape index (κ2) is 9.00. The number of aliphatic carboxylic acids is 1. The summed E-state index contributed by atoms with van der Waals surface area (Å²) in [7, 11) is 0. The van der Waals surface area contributed by atoms with Crippen molar-refractivity contribution in [2.75, 3.05) is 0 Å². The molecule has 0 aliphatic carbocycles. The van der Waals surface area contributed by atoms with Crippen molar-refractivity contribution in [2.45, 2.75) is 67.2 Å². The number of carbonyl (C=O) groups is 2. The van der Waals surface area contributed by atoms with Crippen LogP contribution in [0.5, 0.6) is 0 Å². The molecule has 2 atom stereocenters. The average molecular weight is 332 g/mol. The molecule has 3 heteroatoms. The fourth-order valence-electron chi connectivity index (χ4n) is 3.76. The van der Waals surface area contributed by atoms with Gasteiger partial charge >= 0.3 is 5.97 Å². The standard InChI is InChI=1S/C21H32O3/c1-7-8-9-10-17(21(23)24)18(13(2)3)20(22)19-15(5)11-14(4)12-16(19)6/h11-13,17-18H,7-10H2,1-6H3,(H,23,24). The minimum Gasteiger partial charge on any atom is -0.481 e. The van der Waals surface area contributed by atoms with E-state index < -0.39 is 17.8 Å². The van der Waals surface area contributed by atoms with Gasteiger partial charge in [-0.1, -0.05) is 57.7 Å². The Morgan fingerprint density at radius 1 is 1.04 bits per heavy atom. The van der Waals surface area contributed by atoms with E-state index in [2.05, 4.69) is 6.92 Å². The number of unbranched alkanes of at least 4 members (excludes halogenated alkanes) is 2. The van der Waals surface area contributed by atoms with Gasteiger partial charge in [0.05, 0.1) is 5.92 Å². The third-order valence-electron chi connectivity index (χ3n) is 4.81. The number of carboxylic acid groups (broad SMARTS) is 1. The van der Waals surface area contributed by atoms with Crippen LogP contribution in [0.25, 0.3) is 0 Å². The van der Waals surface area contributed by atoms with Crippen molar-refractivity contribution in [1.82, 2.24) is 0 Å². The molecule has 0 fully saturated rings. The number of hydrogen-bond donors (Lipinski definition) is 1. The lowest BCUT2D eigenvalue weighted by Gasteiger charge is -2.27. The Kier molecular flexibility index (Phi) is 7.65. The third kappa shape index (κ3) is 4.93. The van der Waals surface area contributed by atoms with Gasteiger partial charge in [0, 0.05) is 11.5 Å². The molecule has 0 radical (unpaired) electrons. The van der Waals surface area contributed by atoms with Gasteiger partial charge in [-0.15, -0.1) is 0 Å². The van der Waals surface area contributed by atoms with Crippen molar-refractivity contribution >= 4 is 11.8 Å². The number of aryl methyl sites for hydroxylation is 3. The predicted molar refractivity (Wildman–Crippen MR) is 98.6 cm³/mol. The fourth-order valence-corrected chi connectivity index (χ4v) is 3.76. The Hall–Kier alpha value is -1.64. The highest BCUT2D eigenvalue weighted by Crippen LogP contribution is 2.32. The second-order valence-electron chi connectivity index (χ2n) is 7.35. The highest BCUT2D eigenvalue weighted by atomic mass is 16.4. The maximum atomic E-state index is 13.3. The first-order valence-electron chi connectivity index (χ1n) is 9.05. The minimum atomic E-state index is -0.847. The van der Waals surface area contributed by atoms with Crippen LogP contribution in [-0.4, -0.2) is 16.9 Å². The monoisotopic (exact) mass is 332 g/mol. The molecule has 0 amide bonds. The smallest absolute Gasteiger partial charge is 0.307 e. The van der Waals surface area contributed by atoms with E-state index >= 15 is 0 Å². The van der Waals surface area contributed by atoms with E-state index in [-0.39, 0.29) is 11.7 Å². The van der Waals surface area contributed by atoms with Crippen LogP contribution in [0.4, 0.5) is 0 Å². The molecular formula is C21H32O3. The SMILES string of the molecule is CCCCCC(C(=O)O)C(C(=O)c1c(C)cc(C)cc1C)C(C)C. The molecule has 1 aromatic carbocycles. The molecule has 0 saturated carbocycles. The molecule has 0 heterocycles. The highest BCUT2D eigenvalue weighted by molar-refractivity contribution is 6.02. The van der Waals surface area contributed by atoms with Crippen molar-refractivity contribution in [2.24, 2.45) is 17.8 Å². The van der Waals surface area contributed by atoms with Gasteiger partial charge in [-0.2, -0.15) is 0 Å². The molecule has 0 aromatic heterocycles. The van der Waals surface area contributed by atoms with Crippen LogP contribution >= 0.6 is 0 Å². The van der Waals surface area contributed by atoms with E-state index in [0.717, 1.165) is 36.0 Å². The van der Waals surface area contributed by atoms with Crippen LogP contribution in [0.15, 0.2) is 12.1 Å². The topological polar surface area (TPSA) is 54.4 Å². The Labute approximate surface area is 146 Å². The number of hydrogen-bond acceptors (Lipinski definition) is 2. The van der Waals surface area contributed by atoms with E-state index in [1.165, 1.54) is 0 Å². The maximum absolute atomic E-state index is 13.3. The third-order valence-corrected chi connectivity index (χ3v) is 4.81. The summed E-state index contributed by atoms with van der Waals surface area (Å²) in [6, 6.07) is 4.01. The maximum Gasteiger partial charge on any atom is 0.307 e. The molecule has 24 heavy (non-hydrogen) atoms. The zero-order valence-electron chi connectivity index (χ0n) is 16.0. The molecule has 0 spiro atoms. The number of carbonyl (C=O) groups excluding carboxylic acids is 1. The fraction of sp³-hybridized carbons (Fsp3) is 0.619. The van der Waals surface area contributed by atoms with Gasteiger partial charge in [-0.05, 0) is 44.2 Å². The van der Waals surface area contributed by atoms with Gasteiger partial charge in [-0.3, -0.25) is 9.59 Å². The summed E-state index contributed by atoms with van der Waals surface area (Å²) in [6.07, 6.45) is 3.48. The van der Waals surface area contributed by atoms with Crippen LogP contribution in [0.2, 0.25) is 0 Å².